The predicted octanol–water partition coefficient (Wildman–Crippen LogP) is 13.5. The average Bonchev–Trinajstić information content (AvgIpc) is 3.07. The fourth-order valence-corrected chi connectivity index (χ4v) is 7.96. The van der Waals surface area contributed by atoms with Crippen LogP contribution < -0.4 is 0 Å². The molecule has 0 nitrogen and oxygen atoms in total. The Labute approximate surface area is 270 Å². The Kier molecular flexibility index (Phi) is 12.4. The number of rotatable bonds is 14. The van der Waals surface area contributed by atoms with Crippen molar-refractivity contribution in [3.63, 3.8) is 0 Å². The van der Waals surface area contributed by atoms with Gasteiger partial charge >= 0.3 is 0 Å². The zero-order valence-electron chi connectivity index (χ0n) is 27.7. The van der Waals surface area contributed by atoms with Crippen molar-refractivity contribution in [2.75, 3.05) is 0 Å². The Balaban J connectivity index is 1.18. The van der Waals surface area contributed by atoms with Gasteiger partial charge in [-0.05, 0) is 96.6 Å². The van der Waals surface area contributed by atoms with Gasteiger partial charge in [0.2, 0.25) is 0 Å². The summed E-state index contributed by atoms with van der Waals surface area (Å²) in [6.45, 7) is 4.50. The smallest absolute Gasteiger partial charge is 0.166 e. The van der Waals surface area contributed by atoms with E-state index in [9.17, 15) is 4.39 Å². The summed E-state index contributed by atoms with van der Waals surface area (Å²) in [5.74, 6) is 0.787. The van der Waals surface area contributed by atoms with Crippen molar-refractivity contribution < 1.29 is 13.2 Å². The van der Waals surface area contributed by atoms with Crippen LogP contribution in [-0.4, -0.2) is 0 Å². The number of unbranched alkanes of at least 4 members (excludes halogenated alkanes) is 6. The largest absolute Gasteiger partial charge is 0.206 e. The molecule has 0 spiro atoms. The standard InChI is InChI=1S/C42H53F3/c1-3-5-6-7-8-9-10-12-36-25-28-39(42(45)41(36)44)35-23-21-34(22-24-35)38-27-26-37(29-40(38)43)33-19-17-32(18-20-33)31-15-13-30(11-4-2)14-16-31/h19,21-32H,3-18,20H2,1-2H3. The molecule has 0 N–H and O–H groups in total. The van der Waals surface area contributed by atoms with Crippen molar-refractivity contribution in [2.24, 2.45) is 17.8 Å². The first kappa shape index (κ1) is 33.6. The van der Waals surface area contributed by atoms with Gasteiger partial charge in [0.05, 0.1) is 0 Å². The van der Waals surface area contributed by atoms with Crippen LogP contribution in [0.2, 0.25) is 0 Å². The van der Waals surface area contributed by atoms with E-state index in [-0.39, 0.29) is 11.4 Å². The highest BCUT2D eigenvalue weighted by molar-refractivity contribution is 5.74. The summed E-state index contributed by atoms with van der Waals surface area (Å²) in [5.41, 5.74) is 4.79. The number of benzene rings is 3. The molecule has 0 bridgehead atoms. The lowest BCUT2D eigenvalue weighted by molar-refractivity contribution is 0.189. The maximum absolute atomic E-state index is 15.4. The van der Waals surface area contributed by atoms with E-state index in [0.717, 1.165) is 61.0 Å². The fourth-order valence-electron chi connectivity index (χ4n) is 7.96. The highest BCUT2D eigenvalue weighted by atomic mass is 19.2. The summed E-state index contributed by atoms with van der Waals surface area (Å²) in [5, 5.41) is 0. The van der Waals surface area contributed by atoms with Crippen LogP contribution in [0.5, 0.6) is 0 Å². The summed E-state index contributed by atoms with van der Waals surface area (Å²) in [7, 11) is 0. The molecule has 45 heavy (non-hydrogen) atoms. The molecule has 0 aromatic heterocycles. The Morgan fingerprint density at radius 2 is 1.24 bits per heavy atom. The summed E-state index contributed by atoms with van der Waals surface area (Å²) in [6, 6.07) is 16.1. The highest BCUT2D eigenvalue weighted by Gasteiger charge is 2.28. The van der Waals surface area contributed by atoms with Gasteiger partial charge in [0, 0.05) is 11.1 Å². The monoisotopic (exact) mass is 614 g/mol. The molecule has 1 atom stereocenters. The van der Waals surface area contributed by atoms with Gasteiger partial charge in [-0.2, -0.15) is 0 Å². The van der Waals surface area contributed by atoms with E-state index in [2.05, 4.69) is 19.9 Å². The third kappa shape index (κ3) is 8.72. The van der Waals surface area contributed by atoms with Crippen molar-refractivity contribution in [2.45, 2.75) is 123 Å². The lowest BCUT2D eigenvalue weighted by Crippen LogP contribution is -2.23. The summed E-state index contributed by atoms with van der Waals surface area (Å²) >= 11 is 0. The van der Waals surface area contributed by atoms with Gasteiger partial charge in [-0.1, -0.05) is 133 Å². The molecular formula is C42H53F3. The van der Waals surface area contributed by atoms with Gasteiger partial charge in [0.25, 0.3) is 0 Å². The molecule has 242 valence electrons. The third-order valence-electron chi connectivity index (χ3n) is 10.8. The van der Waals surface area contributed by atoms with E-state index >= 15 is 8.78 Å². The minimum absolute atomic E-state index is 0.245. The second-order valence-electron chi connectivity index (χ2n) is 13.9. The number of halogens is 3. The molecule has 0 amide bonds. The maximum atomic E-state index is 15.4. The lowest BCUT2D eigenvalue weighted by atomic mass is 9.70. The maximum Gasteiger partial charge on any atom is 0.166 e. The van der Waals surface area contributed by atoms with E-state index in [4.69, 9.17) is 0 Å². The zero-order valence-corrected chi connectivity index (χ0v) is 27.7. The normalized spacial score (nSPS) is 20.3. The summed E-state index contributed by atoms with van der Waals surface area (Å²) in [6.07, 6.45) is 22.5. The molecule has 2 aliphatic carbocycles. The van der Waals surface area contributed by atoms with Crippen LogP contribution in [0.4, 0.5) is 13.2 Å². The molecule has 2 aliphatic rings. The van der Waals surface area contributed by atoms with E-state index in [1.54, 1.807) is 42.5 Å². The van der Waals surface area contributed by atoms with E-state index in [0.29, 0.717) is 23.1 Å². The number of allylic oxidation sites excluding steroid dienone is 2. The first-order chi connectivity index (χ1) is 22.0. The SMILES string of the molecule is CCCCCCCCCc1ccc(-c2ccc(-c3ccc(C4=CCC(C5CCC(CCC)CC5)CC4)cc3F)cc2)c(F)c1F. The van der Waals surface area contributed by atoms with Crippen LogP contribution >= 0.6 is 0 Å². The van der Waals surface area contributed by atoms with Crippen molar-refractivity contribution in [3.8, 4) is 22.3 Å². The fraction of sp³-hybridized carbons (Fsp3) is 0.524. The highest BCUT2D eigenvalue weighted by Crippen LogP contribution is 2.42. The van der Waals surface area contributed by atoms with Crippen molar-refractivity contribution in [3.05, 3.63) is 89.3 Å². The summed E-state index contributed by atoms with van der Waals surface area (Å²) in [4.78, 5) is 0. The second-order valence-corrected chi connectivity index (χ2v) is 13.9. The topological polar surface area (TPSA) is 0 Å². The Bertz CT molecular complexity index is 1390. The van der Waals surface area contributed by atoms with Gasteiger partial charge in [0.15, 0.2) is 11.6 Å². The van der Waals surface area contributed by atoms with Crippen molar-refractivity contribution >= 4 is 5.57 Å². The molecule has 0 heterocycles. The average molecular weight is 615 g/mol. The quantitative estimate of drug-likeness (QED) is 0.158. The first-order valence-electron chi connectivity index (χ1n) is 18.0. The first-order valence-corrected chi connectivity index (χ1v) is 18.0. The predicted molar refractivity (Wildman–Crippen MR) is 185 cm³/mol. The van der Waals surface area contributed by atoms with Crippen LogP contribution in [-0.2, 0) is 6.42 Å². The molecular weight excluding hydrogens is 561 g/mol. The molecule has 0 radical (unpaired) electrons. The van der Waals surface area contributed by atoms with Crippen molar-refractivity contribution in [1.29, 1.82) is 0 Å². The van der Waals surface area contributed by atoms with E-state index in [1.165, 1.54) is 76.2 Å². The van der Waals surface area contributed by atoms with E-state index < -0.39 is 11.6 Å². The number of hydrogen-bond acceptors (Lipinski definition) is 0. The van der Waals surface area contributed by atoms with E-state index in [1.807, 2.05) is 12.1 Å². The molecule has 1 unspecified atom stereocenters. The molecule has 0 saturated heterocycles. The molecule has 3 aromatic carbocycles. The third-order valence-corrected chi connectivity index (χ3v) is 10.8. The molecule has 3 heteroatoms. The Hall–Kier alpha value is -2.81. The van der Waals surface area contributed by atoms with Gasteiger partial charge < -0.3 is 0 Å². The van der Waals surface area contributed by atoms with Gasteiger partial charge in [-0.3, -0.25) is 0 Å². The molecule has 1 fully saturated rings. The molecule has 3 aromatic rings. The Morgan fingerprint density at radius 3 is 1.89 bits per heavy atom. The van der Waals surface area contributed by atoms with Crippen LogP contribution in [0.15, 0.2) is 60.7 Å². The number of hydrogen-bond donors (Lipinski definition) is 0. The minimum atomic E-state index is -0.800. The lowest BCUT2D eigenvalue weighted by Gasteiger charge is -2.35. The number of aryl methyl sites for hydroxylation is 1. The van der Waals surface area contributed by atoms with Crippen LogP contribution in [0, 0.1) is 35.2 Å². The van der Waals surface area contributed by atoms with Crippen LogP contribution in [0.3, 0.4) is 0 Å². The second kappa shape index (κ2) is 16.7. The minimum Gasteiger partial charge on any atom is -0.206 e. The van der Waals surface area contributed by atoms with Crippen LogP contribution in [0.25, 0.3) is 27.8 Å². The van der Waals surface area contributed by atoms with Gasteiger partial charge in [0.1, 0.15) is 5.82 Å². The Morgan fingerprint density at radius 1 is 0.600 bits per heavy atom. The van der Waals surface area contributed by atoms with Crippen molar-refractivity contribution in [1.82, 2.24) is 0 Å². The van der Waals surface area contributed by atoms with Crippen LogP contribution in [0.1, 0.15) is 128 Å². The molecule has 0 aliphatic heterocycles. The molecule has 5 rings (SSSR count). The van der Waals surface area contributed by atoms with Gasteiger partial charge in [-0.15, -0.1) is 0 Å². The van der Waals surface area contributed by atoms with Gasteiger partial charge in [-0.25, -0.2) is 13.2 Å². The zero-order chi connectivity index (χ0) is 31.6. The molecule has 1 saturated carbocycles. The summed E-state index contributed by atoms with van der Waals surface area (Å²) < 4.78 is 45.5.